The van der Waals surface area contributed by atoms with Crippen LogP contribution in [-0.4, -0.2) is 20.1 Å². The Morgan fingerprint density at radius 2 is 1.85 bits per heavy atom. The lowest BCUT2D eigenvalue weighted by Crippen LogP contribution is -2.11. The minimum Gasteiger partial charge on any atom is -0.493 e. The van der Waals surface area contributed by atoms with Gasteiger partial charge >= 0.3 is 0 Å². The summed E-state index contributed by atoms with van der Waals surface area (Å²) in [6.07, 6.45) is 0. The van der Waals surface area contributed by atoms with Gasteiger partial charge in [0, 0.05) is 11.8 Å². The van der Waals surface area contributed by atoms with Crippen molar-refractivity contribution in [1.82, 2.24) is 0 Å². The van der Waals surface area contributed by atoms with Crippen molar-refractivity contribution in [1.29, 1.82) is 0 Å². The number of thiophene rings is 1. The second-order valence-electron chi connectivity index (χ2n) is 4.08. The molecular formula is C14H14ClNO3S. The van der Waals surface area contributed by atoms with E-state index in [0.717, 1.165) is 5.56 Å². The Kier molecular flexibility index (Phi) is 4.52. The van der Waals surface area contributed by atoms with Gasteiger partial charge in [-0.2, -0.15) is 0 Å². The van der Waals surface area contributed by atoms with Crippen molar-refractivity contribution < 1.29 is 14.3 Å². The fourth-order valence-corrected chi connectivity index (χ4v) is 2.67. The second kappa shape index (κ2) is 6.15. The largest absolute Gasteiger partial charge is 0.493 e. The third-order valence-electron chi connectivity index (χ3n) is 2.78. The molecule has 106 valence electrons. The van der Waals surface area contributed by atoms with E-state index in [1.54, 1.807) is 32.4 Å². The van der Waals surface area contributed by atoms with Crippen molar-refractivity contribution in [3.8, 4) is 11.5 Å². The number of carbonyl (C=O) groups is 1. The molecular weight excluding hydrogens is 298 g/mol. The summed E-state index contributed by atoms with van der Waals surface area (Å²) in [5.74, 6) is 0.997. The minimum absolute atomic E-state index is 0.197. The average molecular weight is 312 g/mol. The first-order valence-corrected chi connectivity index (χ1v) is 7.04. The number of hydrogen-bond donors (Lipinski definition) is 1. The fraction of sp³-hybridized carbons (Fsp3) is 0.214. The zero-order valence-electron chi connectivity index (χ0n) is 11.3. The molecule has 1 aromatic carbocycles. The maximum atomic E-state index is 12.1. The molecule has 0 atom stereocenters. The van der Waals surface area contributed by atoms with E-state index < -0.39 is 0 Å². The summed E-state index contributed by atoms with van der Waals surface area (Å²) in [5, 5.41) is 2.84. The second-order valence-corrected chi connectivity index (χ2v) is 5.80. The monoisotopic (exact) mass is 311 g/mol. The van der Waals surface area contributed by atoms with E-state index in [1.807, 2.05) is 13.0 Å². The van der Waals surface area contributed by atoms with E-state index in [9.17, 15) is 4.79 Å². The molecule has 0 saturated carbocycles. The number of rotatable bonds is 4. The summed E-state index contributed by atoms with van der Waals surface area (Å²) in [6.45, 7) is 1.89. The first-order chi connectivity index (χ1) is 9.55. The molecule has 0 radical (unpaired) electrons. The Morgan fingerprint density at radius 3 is 2.40 bits per heavy atom. The maximum Gasteiger partial charge on any atom is 0.265 e. The molecule has 0 unspecified atom stereocenters. The SMILES string of the molecule is COc1cc(C)c(NC(=O)c2ccc(Cl)s2)cc1OC. The number of methoxy groups -OCH3 is 2. The summed E-state index contributed by atoms with van der Waals surface area (Å²) >= 11 is 7.06. The van der Waals surface area contributed by atoms with Crippen LogP contribution in [0.2, 0.25) is 4.34 Å². The van der Waals surface area contributed by atoms with Gasteiger partial charge in [-0.3, -0.25) is 4.79 Å². The molecule has 20 heavy (non-hydrogen) atoms. The molecule has 1 amide bonds. The predicted molar refractivity (Wildman–Crippen MR) is 81.6 cm³/mol. The zero-order valence-corrected chi connectivity index (χ0v) is 12.9. The lowest BCUT2D eigenvalue weighted by Gasteiger charge is -2.13. The van der Waals surface area contributed by atoms with Crippen LogP contribution in [0.5, 0.6) is 11.5 Å². The van der Waals surface area contributed by atoms with E-state index in [4.69, 9.17) is 21.1 Å². The number of ether oxygens (including phenoxy) is 2. The molecule has 1 aromatic heterocycles. The highest BCUT2D eigenvalue weighted by atomic mass is 35.5. The zero-order chi connectivity index (χ0) is 14.7. The minimum atomic E-state index is -0.197. The van der Waals surface area contributed by atoms with E-state index in [0.29, 0.717) is 26.4 Å². The van der Waals surface area contributed by atoms with Crippen LogP contribution in [0.25, 0.3) is 0 Å². The molecule has 0 bridgehead atoms. The van der Waals surface area contributed by atoms with Crippen molar-refractivity contribution >= 4 is 34.5 Å². The highest BCUT2D eigenvalue weighted by Gasteiger charge is 2.13. The Bertz CT molecular complexity index is 639. The summed E-state index contributed by atoms with van der Waals surface area (Å²) in [7, 11) is 3.13. The normalized spacial score (nSPS) is 10.2. The van der Waals surface area contributed by atoms with Gasteiger partial charge in [0.25, 0.3) is 5.91 Å². The molecule has 0 fully saturated rings. The Labute approximate surface area is 126 Å². The first kappa shape index (κ1) is 14.7. The van der Waals surface area contributed by atoms with Crippen LogP contribution < -0.4 is 14.8 Å². The molecule has 4 nitrogen and oxygen atoms in total. The fourth-order valence-electron chi connectivity index (χ4n) is 1.74. The van der Waals surface area contributed by atoms with Crippen LogP contribution in [0, 0.1) is 6.92 Å². The molecule has 0 spiro atoms. The van der Waals surface area contributed by atoms with Crippen LogP contribution in [0.4, 0.5) is 5.69 Å². The Morgan fingerprint density at radius 1 is 1.20 bits per heavy atom. The Hall–Kier alpha value is -1.72. The number of anilines is 1. The maximum absolute atomic E-state index is 12.1. The predicted octanol–water partition coefficient (Wildman–Crippen LogP) is 3.98. The molecule has 0 saturated heterocycles. The van der Waals surface area contributed by atoms with Crippen LogP contribution in [-0.2, 0) is 0 Å². The standard InChI is InChI=1S/C14H14ClNO3S/c1-8-6-10(18-2)11(19-3)7-9(8)16-14(17)12-4-5-13(15)20-12/h4-7H,1-3H3,(H,16,17). The molecule has 0 aliphatic rings. The van der Waals surface area contributed by atoms with Crippen LogP contribution >= 0.6 is 22.9 Å². The molecule has 2 rings (SSSR count). The van der Waals surface area contributed by atoms with Gasteiger partial charge in [0.15, 0.2) is 11.5 Å². The van der Waals surface area contributed by atoms with Crippen LogP contribution in [0.1, 0.15) is 15.2 Å². The third kappa shape index (κ3) is 3.05. The van der Waals surface area contributed by atoms with Gasteiger partial charge in [0.2, 0.25) is 0 Å². The lowest BCUT2D eigenvalue weighted by molar-refractivity contribution is 0.103. The molecule has 6 heteroatoms. The quantitative estimate of drug-likeness (QED) is 0.929. The van der Waals surface area contributed by atoms with Crippen molar-refractivity contribution in [2.24, 2.45) is 0 Å². The van der Waals surface area contributed by atoms with Gasteiger partial charge < -0.3 is 14.8 Å². The van der Waals surface area contributed by atoms with Gasteiger partial charge in [-0.05, 0) is 30.7 Å². The van der Waals surface area contributed by atoms with E-state index in [1.165, 1.54) is 11.3 Å². The van der Waals surface area contributed by atoms with Gasteiger partial charge in [0.1, 0.15) is 0 Å². The van der Waals surface area contributed by atoms with Crippen molar-refractivity contribution in [3.63, 3.8) is 0 Å². The molecule has 0 aliphatic carbocycles. The van der Waals surface area contributed by atoms with Gasteiger partial charge in [-0.15, -0.1) is 11.3 Å². The first-order valence-electron chi connectivity index (χ1n) is 5.84. The van der Waals surface area contributed by atoms with Crippen LogP contribution in [0.3, 0.4) is 0 Å². The number of aryl methyl sites for hydroxylation is 1. The van der Waals surface area contributed by atoms with E-state index in [2.05, 4.69) is 5.32 Å². The number of hydrogen-bond acceptors (Lipinski definition) is 4. The highest BCUT2D eigenvalue weighted by Crippen LogP contribution is 2.33. The molecule has 1 heterocycles. The molecule has 0 aliphatic heterocycles. The van der Waals surface area contributed by atoms with Gasteiger partial charge in [-0.1, -0.05) is 11.6 Å². The number of halogens is 1. The average Bonchev–Trinajstić information content (AvgIpc) is 2.87. The summed E-state index contributed by atoms with van der Waals surface area (Å²) in [6, 6.07) is 6.94. The van der Waals surface area contributed by atoms with Crippen LogP contribution in [0.15, 0.2) is 24.3 Å². The number of benzene rings is 1. The smallest absolute Gasteiger partial charge is 0.265 e. The van der Waals surface area contributed by atoms with Gasteiger partial charge in [0.05, 0.1) is 23.4 Å². The molecule has 2 aromatic rings. The summed E-state index contributed by atoms with van der Waals surface area (Å²) in [5.41, 5.74) is 1.57. The number of carbonyl (C=O) groups excluding carboxylic acids is 1. The summed E-state index contributed by atoms with van der Waals surface area (Å²) < 4.78 is 11.0. The highest BCUT2D eigenvalue weighted by molar-refractivity contribution is 7.18. The van der Waals surface area contributed by atoms with Crippen molar-refractivity contribution in [3.05, 3.63) is 39.0 Å². The van der Waals surface area contributed by atoms with Gasteiger partial charge in [-0.25, -0.2) is 0 Å². The van der Waals surface area contributed by atoms with Crippen molar-refractivity contribution in [2.75, 3.05) is 19.5 Å². The van der Waals surface area contributed by atoms with E-state index in [-0.39, 0.29) is 5.91 Å². The summed E-state index contributed by atoms with van der Waals surface area (Å²) in [4.78, 5) is 12.7. The lowest BCUT2D eigenvalue weighted by atomic mass is 10.1. The Balaban J connectivity index is 2.27. The number of amides is 1. The topological polar surface area (TPSA) is 47.6 Å². The molecule has 1 N–H and O–H groups in total. The van der Waals surface area contributed by atoms with Crippen molar-refractivity contribution in [2.45, 2.75) is 6.92 Å². The van der Waals surface area contributed by atoms with E-state index >= 15 is 0 Å². The third-order valence-corrected chi connectivity index (χ3v) is 4.01. The number of nitrogens with one attached hydrogen (secondary N) is 1.